The molecule has 1 aliphatic carbocycles. The zero-order chi connectivity index (χ0) is 29.4. The Balaban J connectivity index is 1.13. The summed E-state index contributed by atoms with van der Waals surface area (Å²) in [5.41, 5.74) is 4.35. The first-order chi connectivity index (χ1) is 19.5. The standard InChI is InChI=1S/C29H34F4N4O4/c30-23-12-19(27(40)37-15-20(38)13-25(37)26(34)39)2-4-22(23)24-5-3-21(14-35-24)41-16-18-6-10-36(11-7-18)17-28(8-1-9-28)29(31,32)33/h2-5,12,14,18,20,25,38H,1,6-11,13,15-17H2,(H2,34,39)/t20-,25+/m1/s1. The molecule has 2 amide bonds. The molecule has 12 heteroatoms. The molecule has 1 saturated carbocycles. The number of hydrogen-bond donors (Lipinski definition) is 2. The Labute approximate surface area is 235 Å². The third-order valence-corrected chi connectivity index (χ3v) is 8.73. The highest BCUT2D eigenvalue weighted by atomic mass is 19.4. The number of halogens is 4. The Morgan fingerprint density at radius 2 is 1.88 bits per heavy atom. The number of rotatable bonds is 8. The second kappa shape index (κ2) is 11.6. The van der Waals surface area contributed by atoms with Crippen LogP contribution in [0.25, 0.3) is 11.3 Å². The van der Waals surface area contributed by atoms with E-state index in [4.69, 9.17) is 10.5 Å². The molecule has 0 unspecified atom stereocenters. The third kappa shape index (κ3) is 6.18. The van der Waals surface area contributed by atoms with Crippen LogP contribution < -0.4 is 10.5 Å². The molecule has 2 aliphatic heterocycles. The zero-order valence-corrected chi connectivity index (χ0v) is 22.6. The summed E-state index contributed by atoms with van der Waals surface area (Å²) in [6.07, 6.45) is -0.916. The first-order valence-electron chi connectivity index (χ1n) is 13.9. The van der Waals surface area contributed by atoms with Gasteiger partial charge in [-0.2, -0.15) is 13.2 Å². The molecule has 41 heavy (non-hydrogen) atoms. The number of β-amino-alcohol motifs (C(OH)–C–C–N with tert-alkyl or cyclic N) is 1. The van der Waals surface area contributed by atoms with Gasteiger partial charge in [0, 0.05) is 30.6 Å². The van der Waals surface area contributed by atoms with Gasteiger partial charge in [0.1, 0.15) is 17.6 Å². The number of aliphatic hydroxyl groups excluding tert-OH is 1. The summed E-state index contributed by atoms with van der Waals surface area (Å²) < 4.78 is 61.4. The van der Waals surface area contributed by atoms with Crippen molar-refractivity contribution in [1.29, 1.82) is 0 Å². The number of carbonyl (C=O) groups excluding carboxylic acids is 2. The van der Waals surface area contributed by atoms with Gasteiger partial charge in [-0.25, -0.2) is 4.39 Å². The Morgan fingerprint density at radius 3 is 2.44 bits per heavy atom. The molecule has 2 saturated heterocycles. The molecule has 0 radical (unpaired) electrons. The number of ether oxygens (including phenoxy) is 1. The summed E-state index contributed by atoms with van der Waals surface area (Å²) in [5.74, 6) is -1.28. The average Bonchev–Trinajstić information content (AvgIpc) is 3.31. The molecule has 3 fully saturated rings. The molecule has 2 atom stereocenters. The summed E-state index contributed by atoms with van der Waals surface area (Å²) in [6.45, 7) is 1.67. The van der Waals surface area contributed by atoms with Gasteiger partial charge in [-0.1, -0.05) is 6.42 Å². The molecule has 5 rings (SSSR count). The first kappa shape index (κ1) is 29.2. The number of primary amides is 1. The summed E-state index contributed by atoms with van der Waals surface area (Å²) in [4.78, 5) is 31.9. The number of nitrogens with zero attached hydrogens (tertiary/aromatic N) is 3. The first-order valence-corrected chi connectivity index (χ1v) is 13.9. The van der Waals surface area contributed by atoms with Crippen LogP contribution in [-0.4, -0.2) is 82.8 Å². The van der Waals surface area contributed by atoms with E-state index in [0.29, 0.717) is 37.6 Å². The quantitative estimate of drug-likeness (QED) is 0.462. The van der Waals surface area contributed by atoms with E-state index >= 15 is 0 Å². The van der Waals surface area contributed by atoms with E-state index in [1.807, 2.05) is 4.90 Å². The van der Waals surface area contributed by atoms with Crippen LogP contribution in [0.1, 0.15) is 48.9 Å². The number of hydrogen-bond acceptors (Lipinski definition) is 6. The molecule has 3 heterocycles. The Morgan fingerprint density at radius 1 is 1.15 bits per heavy atom. The van der Waals surface area contributed by atoms with Gasteiger partial charge in [0.25, 0.3) is 5.91 Å². The molecule has 1 aromatic carbocycles. The van der Waals surface area contributed by atoms with Crippen molar-refractivity contribution in [2.45, 2.75) is 56.8 Å². The molecule has 222 valence electrons. The number of carbonyl (C=O) groups is 2. The number of pyridine rings is 1. The fourth-order valence-corrected chi connectivity index (χ4v) is 6.04. The van der Waals surface area contributed by atoms with Crippen LogP contribution in [0.15, 0.2) is 36.5 Å². The highest BCUT2D eigenvalue weighted by Crippen LogP contribution is 2.53. The monoisotopic (exact) mass is 578 g/mol. The predicted octanol–water partition coefficient (Wildman–Crippen LogP) is 3.77. The lowest BCUT2D eigenvalue weighted by atomic mass is 9.67. The normalized spacial score (nSPS) is 23.3. The van der Waals surface area contributed by atoms with Gasteiger partial charge in [0.2, 0.25) is 5.91 Å². The SMILES string of the molecule is NC(=O)[C@@H]1C[C@@H](O)CN1C(=O)c1ccc(-c2ccc(OCC3CCN(CC4(C(F)(F)F)CCC4)CC3)cn2)c(F)c1. The highest BCUT2D eigenvalue weighted by molar-refractivity contribution is 5.98. The van der Waals surface area contributed by atoms with Crippen molar-refractivity contribution in [3.05, 3.63) is 47.9 Å². The zero-order valence-electron chi connectivity index (χ0n) is 22.6. The van der Waals surface area contributed by atoms with Gasteiger partial charge in [0.15, 0.2) is 0 Å². The van der Waals surface area contributed by atoms with E-state index in [2.05, 4.69) is 4.98 Å². The molecule has 3 aliphatic rings. The molecule has 0 spiro atoms. The van der Waals surface area contributed by atoms with Crippen LogP contribution >= 0.6 is 0 Å². The molecular weight excluding hydrogens is 544 g/mol. The summed E-state index contributed by atoms with van der Waals surface area (Å²) >= 11 is 0. The van der Waals surface area contributed by atoms with Crippen LogP contribution in [-0.2, 0) is 4.79 Å². The minimum absolute atomic E-state index is 0.0267. The average molecular weight is 579 g/mol. The van der Waals surface area contributed by atoms with Gasteiger partial charge >= 0.3 is 6.18 Å². The Bertz CT molecular complexity index is 1260. The van der Waals surface area contributed by atoms with Gasteiger partial charge in [-0.15, -0.1) is 0 Å². The van der Waals surface area contributed by atoms with Crippen LogP contribution in [0.2, 0.25) is 0 Å². The number of nitrogens with two attached hydrogens (primary N) is 1. The van der Waals surface area contributed by atoms with Crippen molar-refractivity contribution in [2.75, 3.05) is 32.8 Å². The van der Waals surface area contributed by atoms with E-state index in [0.717, 1.165) is 23.8 Å². The summed E-state index contributed by atoms with van der Waals surface area (Å²) in [6, 6.07) is 6.26. The minimum atomic E-state index is -4.15. The fourth-order valence-electron chi connectivity index (χ4n) is 6.04. The van der Waals surface area contributed by atoms with Crippen LogP contribution in [0, 0.1) is 17.2 Å². The second-order valence-electron chi connectivity index (χ2n) is 11.5. The maximum Gasteiger partial charge on any atom is 0.395 e. The van der Waals surface area contributed by atoms with Gasteiger partial charge in [-0.05, 0) is 75.0 Å². The molecule has 1 aromatic heterocycles. The second-order valence-corrected chi connectivity index (χ2v) is 11.5. The molecule has 2 aromatic rings. The molecule has 8 nitrogen and oxygen atoms in total. The summed E-state index contributed by atoms with van der Waals surface area (Å²) in [5, 5.41) is 9.85. The van der Waals surface area contributed by atoms with Gasteiger partial charge in [-0.3, -0.25) is 14.6 Å². The van der Waals surface area contributed by atoms with Crippen molar-refractivity contribution in [3.63, 3.8) is 0 Å². The number of likely N-dealkylation sites (tertiary alicyclic amines) is 2. The topological polar surface area (TPSA) is 109 Å². The maximum absolute atomic E-state index is 15.0. The minimum Gasteiger partial charge on any atom is -0.492 e. The molecule has 0 bridgehead atoms. The molecular formula is C29H34F4N4O4. The van der Waals surface area contributed by atoms with Crippen LogP contribution in [0.3, 0.4) is 0 Å². The number of aromatic nitrogens is 1. The lowest BCUT2D eigenvalue weighted by molar-refractivity contribution is -0.256. The van der Waals surface area contributed by atoms with Crippen LogP contribution in [0.4, 0.5) is 17.6 Å². The van der Waals surface area contributed by atoms with E-state index in [-0.39, 0.29) is 49.4 Å². The lowest BCUT2D eigenvalue weighted by Crippen LogP contribution is -2.53. The lowest BCUT2D eigenvalue weighted by Gasteiger charge is -2.47. The Hall–Kier alpha value is -3.25. The van der Waals surface area contributed by atoms with Gasteiger partial charge < -0.3 is 25.4 Å². The van der Waals surface area contributed by atoms with Crippen molar-refractivity contribution < 1.29 is 37.0 Å². The predicted molar refractivity (Wildman–Crippen MR) is 141 cm³/mol. The summed E-state index contributed by atoms with van der Waals surface area (Å²) in [7, 11) is 0. The van der Waals surface area contributed by atoms with E-state index < -0.39 is 41.4 Å². The number of alkyl halides is 3. The van der Waals surface area contributed by atoms with Crippen molar-refractivity contribution in [2.24, 2.45) is 17.1 Å². The van der Waals surface area contributed by atoms with E-state index in [1.165, 1.54) is 18.3 Å². The maximum atomic E-state index is 15.0. The van der Waals surface area contributed by atoms with Gasteiger partial charge in [0.05, 0.1) is 30.0 Å². The van der Waals surface area contributed by atoms with Crippen molar-refractivity contribution in [3.8, 4) is 17.0 Å². The van der Waals surface area contributed by atoms with Crippen molar-refractivity contribution >= 4 is 11.8 Å². The largest absolute Gasteiger partial charge is 0.492 e. The number of benzene rings is 1. The number of piperidine rings is 1. The third-order valence-electron chi connectivity index (χ3n) is 8.73. The highest BCUT2D eigenvalue weighted by Gasteiger charge is 2.58. The number of amides is 2. The van der Waals surface area contributed by atoms with Crippen LogP contribution in [0.5, 0.6) is 5.75 Å². The Kier molecular flexibility index (Phi) is 8.24. The molecule has 3 N–H and O–H groups in total. The fraction of sp³-hybridized carbons (Fsp3) is 0.552. The van der Waals surface area contributed by atoms with E-state index in [1.54, 1.807) is 12.1 Å². The van der Waals surface area contributed by atoms with Crippen molar-refractivity contribution in [1.82, 2.24) is 14.8 Å². The van der Waals surface area contributed by atoms with E-state index in [9.17, 15) is 32.3 Å². The smallest absolute Gasteiger partial charge is 0.395 e. The number of aliphatic hydroxyl groups is 1.